The van der Waals surface area contributed by atoms with Gasteiger partial charge < -0.3 is 0 Å². The van der Waals surface area contributed by atoms with E-state index in [-0.39, 0.29) is 0 Å². The third kappa shape index (κ3) is 2.88. The first-order valence-electron chi connectivity index (χ1n) is 2.49. The average Bonchev–Trinajstić information content (AvgIpc) is 1.84. The molecule has 8 heavy (non-hydrogen) atoms. The van der Waals surface area contributed by atoms with E-state index in [4.69, 9.17) is 0 Å². The molecule has 0 aliphatic rings. The van der Waals surface area contributed by atoms with Gasteiger partial charge >= 0.3 is 0 Å². The molecule has 0 fully saturated rings. The Hall–Kier alpha value is 0.700. The summed E-state index contributed by atoms with van der Waals surface area (Å²) in [6.45, 7) is 4.26. The SMILES string of the molecule is CC(CBr)=C(C)CBr. The summed E-state index contributed by atoms with van der Waals surface area (Å²) in [5.41, 5.74) is 2.84. The van der Waals surface area contributed by atoms with Gasteiger partial charge in [0.05, 0.1) is 0 Å². The van der Waals surface area contributed by atoms with Crippen molar-refractivity contribution in [1.29, 1.82) is 0 Å². The van der Waals surface area contributed by atoms with Crippen molar-refractivity contribution in [1.82, 2.24) is 0 Å². The van der Waals surface area contributed by atoms with Gasteiger partial charge in [0.15, 0.2) is 0 Å². The molecule has 0 radical (unpaired) electrons. The number of alkyl halides is 2. The molecule has 0 spiro atoms. The molecule has 0 saturated heterocycles. The van der Waals surface area contributed by atoms with Gasteiger partial charge in [-0.2, -0.15) is 0 Å². The van der Waals surface area contributed by atoms with Gasteiger partial charge in [-0.3, -0.25) is 0 Å². The van der Waals surface area contributed by atoms with Crippen LogP contribution in [0.25, 0.3) is 0 Å². The van der Waals surface area contributed by atoms with Crippen LogP contribution in [-0.4, -0.2) is 10.7 Å². The quantitative estimate of drug-likeness (QED) is 0.515. The lowest BCUT2D eigenvalue weighted by molar-refractivity contribution is 1.26. The molecule has 0 aromatic rings. The molecule has 0 atom stereocenters. The summed E-state index contributed by atoms with van der Waals surface area (Å²) >= 11 is 6.75. The number of hydrogen-bond donors (Lipinski definition) is 0. The van der Waals surface area contributed by atoms with E-state index in [1.807, 2.05) is 0 Å². The standard InChI is InChI=1S/C6H10Br2/c1-5(3-7)6(2)4-8/h3-4H2,1-2H3. The molecule has 0 aromatic heterocycles. The molecule has 0 aliphatic carbocycles. The Kier molecular flexibility index (Phi) is 4.97. The predicted molar refractivity (Wildman–Crippen MR) is 46.0 cm³/mol. The van der Waals surface area contributed by atoms with Crippen molar-refractivity contribution in [3.05, 3.63) is 11.1 Å². The van der Waals surface area contributed by atoms with Crippen molar-refractivity contribution in [3.8, 4) is 0 Å². The van der Waals surface area contributed by atoms with E-state index in [0.29, 0.717) is 0 Å². The van der Waals surface area contributed by atoms with E-state index < -0.39 is 0 Å². The Balaban J connectivity index is 3.83. The second kappa shape index (κ2) is 4.57. The van der Waals surface area contributed by atoms with Crippen molar-refractivity contribution in [2.75, 3.05) is 10.7 Å². The molecule has 0 amide bonds. The summed E-state index contributed by atoms with van der Waals surface area (Å²) < 4.78 is 0. The molecule has 0 aliphatic heterocycles. The second-order valence-corrected chi connectivity index (χ2v) is 2.95. The molecular formula is C6H10Br2. The van der Waals surface area contributed by atoms with Crippen LogP contribution in [-0.2, 0) is 0 Å². The molecule has 0 unspecified atom stereocenters. The first kappa shape index (κ1) is 8.70. The zero-order chi connectivity index (χ0) is 6.57. The normalized spacial score (nSPS) is 13.5. The smallest absolute Gasteiger partial charge is 0.0241 e. The molecule has 48 valence electrons. The molecule has 0 nitrogen and oxygen atoms in total. The van der Waals surface area contributed by atoms with E-state index in [0.717, 1.165) is 10.7 Å². The maximum atomic E-state index is 3.38. The fourth-order valence-electron chi connectivity index (χ4n) is 0.228. The fraction of sp³-hybridized carbons (Fsp3) is 0.667. The molecular weight excluding hydrogens is 232 g/mol. The predicted octanol–water partition coefficient (Wildman–Crippen LogP) is 3.11. The number of allylic oxidation sites excluding steroid dienone is 2. The second-order valence-electron chi connectivity index (χ2n) is 1.83. The first-order valence-corrected chi connectivity index (χ1v) is 4.73. The Morgan fingerprint density at radius 3 is 1.38 bits per heavy atom. The van der Waals surface area contributed by atoms with Gasteiger partial charge in [-0.1, -0.05) is 43.0 Å². The minimum Gasteiger partial charge on any atom is -0.0880 e. The Morgan fingerprint density at radius 1 is 1.00 bits per heavy atom. The average molecular weight is 242 g/mol. The minimum atomic E-state index is 0.991. The van der Waals surface area contributed by atoms with Gasteiger partial charge in [0.2, 0.25) is 0 Å². The number of rotatable bonds is 2. The van der Waals surface area contributed by atoms with Crippen molar-refractivity contribution >= 4 is 31.9 Å². The van der Waals surface area contributed by atoms with E-state index in [1.54, 1.807) is 0 Å². The van der Waals surface area contributed by atoms with Crippen LogP contribution < -0.4 is 0 Å². The van der Waals surface area contributed by atoms with Crippen molar-refractivity contribution in [3.63, 3.8) is 0 Å². The van der Waals surface area contributed by atoms with E-state index in [9.17, 15) is 0 Å². The highest BCUT2D eigenvalue weighted by atomic mass is 79.9. The van der Waals surface area contributed by atoms with Gasteiger partial charge in [0, 0.05) is 10.7 Å². The third-order valence-corrected chi connectivity index (χ3v) is 2.81. The van der Waals surface area contributed by atoms with Gasteiger partial charge in [-0.05, 0) is 13.8 Å². The topological polar surface area (TPSA) is 0 Å². The van der Waals surface area contributed by atoms with Crippen LogP contribution in [0.3, 0.4) is 0 Å². The highest BCUT2D eigenvalue weighted by molar-refractivity contribution is 9.09. The molecule has 0 heterocycles. The molecule has 2 heteroatoms. The summed E-state index contributed by atoms with van der Waals surface area (Å²) in [7, 11) is 0. The van der Waals surface area contributed by atoms with Gasteiger partial charge in [-0.15, -0.1) is 0 Å². The molecule has 0 saturated carbocycles. The van der Waals surface area contributed by atoms with E-state index in [2.05, 4.69) is 45.7 Å². The summed E-state index contributed by atoms with van der Waals surface area (Å²) in [5.74, 6) is 0. The van der Waals surface area contributed by atoms with Crippen LogP contribution >= 0.6 is 31.9 Å². The zero-order valence-electron chi connectivity index (χ0n) is 5.17. The lowest BCUT2D eigenvalue weighted by Gasteiger charge is -1.97. The highest BCUT2D eigenvalue weighted by Gasteiger charge is 1.90. The largest absolute Gasteiger partial charge is 0.0880 e. The maximum absolute atomic E-state index is 3.38. The minimum absolute atomic E-state index is 0.991. The van der Waals surface area contributed by atoms with E-state index >= 15 is 0 Å². The summed E-state index contributed by atoms with van der Waals surface area (Å²) in [6.07, 6.45) is 0. The highest BCUT2D eigenvalue weighted by Crippen LogP contribution is 2.07. The monoisotopic (exact) mass is 240 g/mol. The van der Waals surface area contributed by atoms with Gasteiger partial charge in [0.25, 0.3) is 0 Å². The molecule has 0 aromatic carbocycles. The number of hydrogen-bond acceptors (Lipinski definition) is 0. The Morgan fingerprint density at radius 2 is 1.25 bits per heavy atom. The van der Waals surface area contributed by atoms with Crippen LogP contribution in [0, 0.1) is 0 Å². The van der Waals surface area contributed by atoms with Crippen molar-refractivity contribution in [2.24, 2.45) is 0 Å². The zero-order valence-corrected chi connectivity index (χ0v) is 8.34. The molecule has 0 bridgehead atoms. The number of halogens is 2. The third-order valence-electron chi connectivity index (χ3n) is 1.13. The fourth-order valence-corrected chi connectivity index (χ4v) is 1.19. The lowest BCUT2D eigenvalue weighted by atomic mass is 10.2. The Labute approximate surface area is 67.6 Å². The van der Waals surface area contributed by atoms with Crippen LogP contribution in [0.5, 0.6) is 0 Å². The van der Waals surface area contributed by atoms with Gasteiger partial charge in [0.1, 0.15) is 0 Å². The summed E-state index contributed by atoms with van der Waals surface area (Å²) in [6, 6.07) is 0. The van der Waals surface area contributed by atoms with Crippen LogP contribution in [0.15, 0.2) is 11.1 Å². The molecule has 0 rings (SSSR count). The maximum Gasteiger partial charge on any atom is 0.0241 e. The first-order chi connectivity index (χ1) is 3.72. The van der Waals surface area contributed by atoms with Crippen LogP contribution in [0.4, 0.5) is 0 Å². The van der Waals surface area contributed by atoms with Gasteiger partial charge in [-0.25, -0.2) is 0 Å². The lowest BCUT2D eigenvalue weighted by Crippen LogP contribution is -1.84. The molecule has 0 N–H and O–H groups in total. The van der Waals surface area contributed by atoms with Crippen LogP contribution in [0.2, 0.25) is 0 Å². The van der Waals surface area contributed by atoms with Crippen molar-refractivity contribution in [2.45, 2.75) is 13.8 Å². The Bertz CT molecular complexity index is 82.7. The summed E-state index contributed by atoms with van der Waals surface area (Å²) in [4.78, 5) is 0. The van der Waals surface area contributed by atoms with Crippen molar-refractivity contribution < 1.29 is 0 Å². The van der Waals surface area contributed by atoms with Crippen LogP contribution in [0.1, 0.15) is 13.8 Å². The van der Waals surface area contributed by atoms with E-state index in [1.165, 1.54) is 11.1 Å². The summed E-state index contributed by atoms with van der Waals surface area (Å²) in [5, 5.41) is 1.98.